The second-order valence-electron chi connectivity index (χ2n) is 13.8. The van der Waals surface area contributed by atoms with Gasteiger partial charge in [-0.15, -0.1) is 0 Å². The van der Waals surface area contributed by atoms with Crippen molar-refractivity contribution in [2.75, 3.05) is 39.6 Å². The average molecular weight is 802 g/mol. The van der Waals surface area contributed by atoms with Crippen molar-refractivity contribution in [1.29, 1.82) is 0 Å². The van der Waals surface area contributed by atoms with E-state index in [4.69, 9.17) is 33.4 Å². The Morgan fingerprint density at radius 1 is 0.576 bits per heavy atom. The minimum atomic E-state index is -0.520. The molecule has 0 amide bonds. The summed E-state index contributed by atoms with van der Waals surface area (Å²) in [5.41, 5.74) is 7.01. The maximum Gasteiger partial charge on any atom is 0.344 e. The molecule has 12 heteroatoms. The quantitative estimate of drug-likeness (QED) is 0.0564. The third kappa shape index (κ3) is 10.8. The van der Waals surface area contributed by atoms with E-state index in [9.17, 15) is 19.5 Å². The lowest BCUT2D eigenvalue weighted by Gasteiger charge is -2.21. The number of rotatable bonds is 14. The van der Waals surface area contributed by atoms with Gasteiger partial charge in [-0.05, 0) is 72.4 Å². The summed E-state index contributed by atoms with van der Waals surface area (Å²) < 4.78 is 36.4. The number of carbonyl (C=O) groups excluding carboxylic acids is 3. The Balaban J connectivity index is 1.56. The molecule has 0 spiro atoms. The molecule has 0 aliphatic heterocycles. The third-order valence-electron chi connectivity index (χ3n) is 9.67. The first-order chi connectivity index (χ1) is 28.7. The van der Waals surface area contributed by atoms with Crippen molar-refractivity contribution < 1.29 is 52.5 Å². The second-order valence-corrected chi connectivity index (χ2v) is 13.8. The lowest BCUT2D eigenvalue weighted by Crippen LogP contribution is -2.32. The van der Waals surface area contributed by atoms with Gasteiger partial charge in [-0.1, -0.05) is 54.6 Å². The Labute approximate surface area is 344 Å². The fourth-order valence-corrected chi connectivity index (χ4v) is 7.02. The molecule has 306 valence electrons. The zero-order chi connectivity index (χ0) is 41.7. The third-order valence-corrected chi connectivity index (χ3v) is 9.67. The predicted octanol–water partition coefficient (Wildman–Crippen LogP) is 6.47. The smallest absolute Gasteiger partial charge is 0.344 e. The van der Waals surface area contributed by atoms with Gasteiger partial charge in [0, 0.05) is 48.9 Å². The average Bonchev–Trinajstić information content (AvgIpc) is 3.21. The molecular weight excluding hydrogens is 753 g/mol. The maximum atomic E-state index is 12.6. The number of phenolic OH excluding ortho intramolecular Hbond substituents is 1. The van der Waals surface area contributed by atoms with Crippen LogP contribution in [0, 0.1) is 0 Å². The minimum absolute atomic E-state index is 0.0599. The summed E-state index contributed by atoms with van der Waals surface area (Å²) in [5, 5.41) is 12.1. The molecule has 0 saturated heterocycles. The summed E-state index contributed by atoms with van der Waals surface area (Å²) in [6, 6.07) is 26.7. The van der Waals surface area contributed by atoms with Gasteiger partial charge >= 0.3 is 17.9 Å². The number of aromatic hydroxyl groups is 1. The number of esters is 3. The molecule has 6 rings (SSSR count). The van der Waals surface area contributed by atoms with Crippen molar-refractivity contribution in [2.45, 2.75) is 46.5 Å². The van der Waals surface area contributed by atoms with E-state index >= 15 is 0 Å². The molecule has 1 aliphatic carbocycles. The largest absolute Gasteiger partial charge is 0.507 e. The van der Waals surface area contributed by atoms with E-state index in [1.807, 2.05) is 103 Å². The minimum Gasteiger partial charge on any atom is -0.507 e. The van der Waals surface area contributed by atoms with Crippen LogP contribution in [0.5, 0.6) is 23.0 Å². The van der Waals surface area contributed by atoms with E-state index in [1.165, 1.54) is 0 Å². The Kier molecular flexibility index (Phi) is 14.3. The van der Waals surface area contributed by atoms with Crippen LogP contribution in [0.1, 0.15) is 71.0 Å². The number of aliphatic imine (C=N–C) groups is 1. The fourth-order valence-electron chi connectivity index (χ4n) is 7.02. The number of aryl methyl sites for hydroxylation is 1. The zero-order valence-corrected chi connectivity index (χ0v) is 33.8. The van der Waals surface area contributed by atoms with Crippen LogP contribution in [-0.4, -0.2) is 68.9 Å². The number of phenols is 1. The number of para-hydroxylation sites is 3. The second kappa shape index (κ2) is 20.1. The normalized spacial score (nSPS) is 12.1. The van der Waals surface area contributed by atoms with Crippen molar-refractivity contribution in [3.8, 4) is 23.0 Å². The molecule has 12 nitrogen and oxygen atoms in total. The fraction of sp³-hybridized carbons (Fsp3) is 0.298. The highest BCUT2D eigenvalue weighted by Crippen LogP contribution is 2.40. The van der Waals surface area contributed by atoms with Crippen LogP contribution >= 0.6 is 0 Å². The van der Waals surface area contributed by atoms with Crippen LogP contribution in [0.25, 0.3) is 0 Å². The number of carbonyl (C=O) groups is 3. The van der Waals surface area contributed by atoms with E-state index in [2.05, 4.69) is 0 Å². The summed E-state index contributed by atoms with van der Waals surface area (Å²) in [5.74, 6) is -0.0977. The first kappa shape index (κ1) is 41.9. The maximum absolute atomic E-state index is 12.6. The molecule has 1 heterocycles. The standard InChI is InChI=1S/C47H48N2O10/c1-5-54-41(50)28-57-45-31-13-10-14-32(45)22-34-16-12-18-36(47(34)59-30-43(52)56-7-3)24-38-26-39(48-27-40-19-8-9-20-49(40)4)25-37(44(38)53)23-35-17-11-15-33(21-31)46(35)58-29-42(51)55-6-2/h8-20,25-27H,5-7,21-24,28-30H2,1-4H3/p+1. The highest BCUT2D eigenvalue weighted by molar-refractivity contribution is 5.78. The van der Waals surface area contributed by atoms with Gasteiger partial charge in [0.15, 0.2) is 26.0 Å². The first-order valence-corrected chi connectivity index (χ1v) is 19.7. The van der Waals surface area contributed by atoms with Crippen LogP contribution in [-0.2, 0) is 61.3 Å². The Morgan fingerprint density at radius 2 is 0.949 bits per heavy atom. The zero-order valence-electron chi connectivity index (χ0n) is 33.8. The Bertz CT molecular complexity index is 2220. The number of aromatic nitrogens is 1. The van der Waals surface area contributed by atoms with Gasteiger partial charge in [0.2, 0.25) is 5.69 Å². The Morgan fingerprint density at radius 3 is 1.31 bits per heavy atom. The summed E-state index contributed by atoms with van der Waals surface area (Å²) in [4.78, 5) is 42.8. The molecule has 1 aliphatic rings. The first-order valence-electron chi connectivity index (χ1n) is 19.7. The van der Waals surface area contributed by atoms with E-state index < -0.39 is 17.9 Å². The predicted molar refractivity (Wildman–Crippen MR) is 220 cm³/mol. The number of nitrogens with zero attached hydrogens (tertiary/aromatic N) is 2. The molecule has 1 aromatic heterocycles. The Hall–Kier alpha value is -6.69. The van der Waals surface area contributed by atoms with Gasteiger partial charge < -0.3 is 33.5 Å². The summed E-state index contributed by atoms with van der Waals surface area (Å²) in [7, 11) is 1.94. The number of pyridine rings is 1. The highest BCUT2D eigenvalue weighted by atomic mass is 16.6. The van der Waals surface area contributed by atoms with Crippen molar-refractivity contribution in [2.24, 2.45) is 12.0 Å². The molecule has 0 saturated carbocycles. The van der Waals surface area contributed by atoms with Crippen molar-refractivity contribution in [3.05, 3.63) is 141 Å². The van der Waals surface area contributed by atoms with Crippen LogP contribution in [0.15, 0.2) is 96.1 Å². The molecule has 4 aromatic carbocycles. The molecule has 0 radical (unpaired) electrons. The number of hydrogen-bond acceptors (Lipinski definition) is 11. The highest BCUT2D eigenvalue weighted by Gasteiger charge is 2.23. The van der Waals surface area contributed by atoms with Gasteiger partial charge in [0.05, 0.1) is 31.7 Å². The lowest BCUT2D eigenvalue weighted by molar-refractivity contribution is -0.672. The number of fused-ring (bicyclic) bond motifs is 8. The monoisotopic (exact) mass is 801 g/mol. The summed E-state index contributed by atoms with van der Waals surface area (Å²) in [6.45, 7) is 4.82. The molecule has 0 fully saturated rings. The molecule has 5 aromatic rings. The van der Waals surface area contributed by atoms with Crippen LogP contribution in [0.3, 0.4) is 0 Å². The van der Waals surface area contributed by atoms with E-state index in [1.54, 1.807) is 27.0 Å². The molecule has 0 atom stereocenters. The summed E-state index contributed by atoms with van der Waals surface area (Å²) >= 11 is 0. The SMILES string of the molecule is CCOC(=O)COc1c2cccc1Cc1cccc(c1OCC(=O)OCC)Cc1cccc(c1OCC(=O)OCC)Cc1cc(N=Cc3cccc[n+]3C)cc(c1O)C2. The van der Waals surface area contributed by atoms with Gasteiger partial charge in [0.1, 0.15) is 30.0 Å². The van der Waals surface area contributed by atoms with Gasteiger partial charge in [0.25, 0.3) is 0 Å². The number of hydrogen-bond donors (Lipinski definition) is 1. The topological polar surface area (TPSA) is 143 Å². The molecule has 59 heavy (non-hydrogen) atoms. The van der Waals surface area contributed by atoms with Gasteiger partial charge in [-0.3, -0.25) is 0 Å². The van der Waals surface area contributed by atoms with E-state index in [0.717, 1.165) is 27.9 Å². The van der Waals surface area contributed by atoms with Crippen LogP contribution in [0.2, 0.25) is 0 Å². The van der Waals surface area contributed by atoms with Crippen molar-refractivity contribution >= 4 is 29.8 Å². The van der Waals surface area contributed by atoms with Gasteiger partial charge in [-0.25, -0.2) is 23.9 Å². The number of benzene rings is 4. The number of ether oxygens (including phenoxy) is 6. The lowest BCUT2D eigenvalue weighted by atomic mass is 9.91. The molecule has 1 N–H and O–H groups in total. The van der Waals surface area contributed by atoms with Crippen molar-refractivity contribution in [3.63, 3.8) is 0 Å². The molecule has 8 bridgehead atoms. The van der Waals surface area contributed by atoms with Crippen molar-refractivity contribution in [1.82, 2.24) is 0 Å². The van der Waals surface area contributed by atoms with Crippen LogP contribution < -0.4 is 18.8 Å². The van der Waals surface area contributed by atoms with E-state index in [0.29, 0.717) is 58.0 Å². The molecule has 0 unspecified atom stereocenters. The molecular formula is C47H49N2O10+. The van der Waals surface area contributed by atoms with E-state index in [-0.39, 0.29) is 58.2 Å². The van der Waals surface area contributed by atoms with Gasteiger partial charge in [-0.2, -0.15) is 0 Å². The van der Waals surface area contributed by atoms with Crippen LogP contribution in [0.4, 0.5) is 5.69 Å². The summed E-state index contributed by atoms with van der Waals surface area (Å²) in [6.07, 6.45) is 4.72.